The van der Waals surface area contributed by atoms with E-state index in [0.717, 1.165) is 47.4 Å². The van der Waals surface area contributed by atoms with Crippen LogP contribution < -0.4 is 15.0 Å². The van der Waals surface area contributed by atoms with Crippen LogP contribution in [-0.2, 0) is 27.4 Å². The Kier molecular flexibility index (Phi) is 10.5. The van der Waals surface area contributed by atoms with Crippen molar-refractivity contribution < 1.29 is 28.6 Å². The van der Waals surface area contributed by atoms with E-state index in [0.29, 0.717) is 28.3 Å². The molecule has 0 aliphatic carbocycles. The molecule has 12 nitrogen and oxygen atoms in total. The zero-order valence-corrected chi connectivity index (χ0v) is 28.8. The van der Waals surface area contributed by atoms with Crippen molar-refractivity contribution in [3.05, 3.63) is 79.0 Å². The number of nitrogens with one attached hydrogen (secondary N) is 1. The number of carbonyl (C=O) groups is 3. The van der Waals surface area contributed by atoms with Crippen molar-refractivity contribution in [2.45, 2.75) is 57.1 Å². The Morgan fingerprint density at radius 1 is 1.19 bits per heavy atom. The number of thioether (sulfide) groups is 1. The van der Waals surface area contributed by atoms with Gasteiger partial charge in [-0.3, -0.25) is 19.1 Å². The molecule has 6 rings (SSSR count). The predicted molar refractivity (Wildman–Crippen MR) is 182 cm³/mol. The lowest BCUT2D eigenvalue weighted by molar-refractivity contribution is -0.137. The highest BCUT2D eigenvalue weighted by Crippen LogP contribution is 2.33. The second-order valence-electron chi connectivity index (χ2n) is 11.4. The fraction of sp³-hybridized carbons (Fsp3) is 0.344. The molecule has 4 aromatic rings. The molecule has 0 saturated carbocycles. The van der Waals surface area contributed by atoms with Crippen LogP contribution in [0.3, 0.4) is 0 Å². The number of rotatable bonds is 7. The molecule has 2 N–H and O–H groups in total. The predicted octanol–water partition coefficient (Wildman–Crippen LogP) is 5.02. The van der Waals surface area contributed by atoms with E-state index >= 15 is 0 Å². The van der Waals surface area contributed by atoms with Crippen LogP contribution >= 0.6 is 34.7 Å². The highest BCUT2D eigenvalue weighted by Gasteiger charge is 2.43. The molecule has 0 bridgehead atoms. The van der Waals surface area contributed by atoms with Crippen molar-refractivity contribution in [1.82, 2.24) is 19.7 Å². The van der Waals surface area contributed by atoms with Crippen LogP contribution in [0, 0.1) is 11.7 Å². The van der Waals surface area contributed by atoms with E-state index in [1.807, 2.05) is 26.0 Å². The van der Waals surface area contributed by atoms with Crippen LogP contribution in [0.15, 0.2) is 62.1 Å². The van der Waals surface area contributed by atoms with Crippen LogP contribution in [0.5, 0.6) is 0 Å². The zero-order valence-electron chi connectivity index (χ0n) is 26.5. The molecule has 1 amide bonds. The topological polar surface area (TPSA) is 157 Å². The highest BCUT2D eigenvalue weighted by molar-refractivity contribution is 8.00. The van der Waals surface area contributed by atoms with E-state index in [1.54, 1.807) is 34.5 Å². The number of amides is 1. The fourth-order valence-electron chi connectivity index (χ4n) is 4.94. The minimum atomic E-state index is -1.10. The SMILES string of the molecule is CC(C)C1(C)N=C(c2nc3ccccc3cc2C(=O)O)NC1=O.COC(=O)CSc1cc(N=c2sc(=O)n3n2CCCC3)c(F)cc1Cl. The first kappa shape index (κ1) is 35.0. The number of halogens is 2. The van der Waals surface area contributed by atoms with E-state index in [1.165, 1.54) is 13.2 Å². The first-order valence-corrected chi connectivity index (χ1v) is 17.1. The Labute approximate surface area is 287 Å². The largest absolute Gasteiger partial charge is 0.478 e. The van der Waals surface area contributed by atoms with Gasteiger partial charge in [-0.15, -0.1) is 11.8 Å². The Balaban J connectivity index is 0.000000188. The fourth-order valence-corrected chi connectivity index (χ4v) is 6.93. The molecule has 2 aromatic carbocycles. The molecule has 4 heterocycles. The smallest absolute Gasteiger partial charge is 0.338 e. The third-order valence-electron chi connectivity index (χ3n) is 8.02. The van der Waals surface area contributed by atoms with Crippen LogP contribution in [0.4, 0.5) is 10.1 Å². The molecule has 0 fully saturated rings. The van der Waals surface area contributed by atoms with Gasteiger partial charge in [0.15, 0.2) is 5.84 Å². The van der Waals surface area contributed by atoms with Crippen molar-refractivity contribution in [3.63, 3.8) is 0 Å². The maximum absolute atomic E-state index is 14.3. The highest BCUT2D eigenvalue weighted by atomic mass is 35.5. The van der Waals surface area contributed by atoms with Gasteiger partial charge in [0.25, 0.3) is 5.91 Å². The number of benzene rings is 2. The zero-order chi connectivity index (χ0) is 34.7. The standard InChI is InChI=1S/C17H17N3O3.C15H15ClFN3O3S2/c1-9(2)17(3)16(23)19-14(20-17)13-11(15(21)22)8-10-6-4-5-7-12(10)18-13;1-23-13(21)8-24-12-7-11(10(17)6-9(12)16)18-14-19-4-2-3-5-20(19)15(22)25-14/h4-9H,1-3H3,(H,21,22)(H,19,20,23);6-7H,2-5,8H2,1H3. The van der Waals surface area contributed by atoms with Gasteiger partial charge in [0.2, 0.25) is 4.80 Å². The Morgan fingerprint density at radius 3 is 2.56 bits per heavy atom. The number of methoxy groups -OCH3 is 1. The Bertz CT molecular complexity index is 2090. The summed E-state index contributed by atoms with van der Waals surface area (Å²) in [5.74, 6) is -2.07. The van der Waals surface area contributed by atoms with Gasteiger partial charge in [-0.2, -0.15) is 0 Å². The molecule has 252 valence electrons. The molecule has 1 atom stereocenters. The summed E-state index contributed by atoms with van der Waals surface area (Å²) in [5.41, 5.74) is 0.0325. The first-order valence-electron chi connectivity index (χ1n) is 14.9. The molecular formula is C32H32ClFN6O6S2. The second kappa shape index (κ2) is 14.4. The van der Waals surface area contributed by atoms with Gasteiger partial charge in [-0.25, -0.2) is 28.8 Å². The van der Waals surface area contributed by atoms with E-state index in [9.17, 15) is 28.7 Å². The van der Waals surface area contributed by atoms with Crippen LogP contribution in [-0.4, -0.2) is 61.5 Å². The summed E-state index contributed by atoms with van der Waals surface area (Å²) in [5, 5.41) is 13.1. The summed E-state index contributed by atoms with van der Waals surface area (Å²) in [6.45, 7) is 6.86. The van der Waals surface area contributed by atoms with E-state index in [4.69, 9.17) is 11.6 Å². The summed E-state index contributed by atoms with van der Waals surface area (Å²) < 4.78 is 22.3. The number of aromatic carboxylic acids is 1. The first-order chi connectivity index (χ1) is 22.8. The van der Waals surface area contributed by atoms with Crippen molar-refractivity contribution in [2.75, 3.05) is 12.9 Å². The number of carboxylic acid groups (broad SMARTS) is 1. The van der Waals surface area contributed by atoms with Gasteiger partial charge in [-0.05, 0) is 61.3 Å². The van der Waals surface area contributed by atoms with Crippen molar-refractivity contribution >= 4 is 75.0 Å². The van der Waals surface area contributed by atoms with E-state index in [2.05, 4.69) is 25.0 Å². The van der Waals surface area contributed by atoms with E-state index in [-0.39, 0.29) is 50.3 Å². The third-order valence-corrected chi connectivity index (χ3v) is 10.3. The number of para-hydroxylation sites is 1. The Morgan fingerprint density at radius 2 is 1.90 bits per heavy atom. The van der Waals surface area contributed by atoms with Gasteiger partial charge >= 0.3 is 16.8 Å². The van der Waals surface area contributed by atoms with Crippen molar-refractivity contribution in [1.29, 1.82) is 0 Å². The molecule has 48 heavy (non-hydrogen) atoms. The van der Waals surface area contributed by atoms with Gasteiger partial charge in [0, 0.05) is 23.4 Å². The summed E-state index contributed by atoms with van der Waals surface area (Å²) in [6, 6.07) is 11.4. The summed E-state index contributed by atoms with van der Waals surface area (Å²) in [7, 11) is 1.30. The number of ether oxygens (including phenoxy) is 1. The molecule has 2 aliphatic rings. The number of aromatic nitrogens is 3. The van der Waals surface area contributed by atoms with Crippen LogP contribution in [0.2, 0.25) is 5.02 Å². The third kappa shape index (κ3) is 7.22. The van der Waals surface area contributed by atoms with E-state index < -0.39 is 23.3 Å². The average molecular weight is 715 g/mol. The maximum Gasteiger partial charge on any atom is 0.338 e. The molecule has 2 aliphatic heterocycles. The lowest BCUT2D eigenvalue weighted by Crippen LogP contribution is -2.41. The second-order valence-corrected chi connectivity index (χ2v) is 13.8. The van der Waals surface area contributed by atoms with Gasteiger partial charge < -0.3 is 15.2 Å². The molecule has 16 heteroatoms. The number of esters is 1. The number of hydrogen-bond acceptors (Lipinski definition) is 10. The van der Waals surface area contributed by atoms with Crippen LogP contribution in [0.1, 0.15) is 49.7 Å². The summed E-state index contributed by atoms with van der Waals surface area (Å²) in [6.07, 6.45) is 1.90. The number of carbonyl (C=O) groups excluding carboxylic acids is 2. The number of pyridine rings is 1. The minimum absolute atomic E-state index is 0.0197. The number of hydrogen-bond donors (Lipinski definition) is 2. The quantitative estimate of drug-likeness (QED) is 0.200. The summed E-state index contributed by atoms with van der Waals surface area (Å²) >= 11 is 8.17. The van der Waals surface area contributed by atoms with Gasteiger partial charge in [0.05, 0.1) is 29.0 Å². The van der Waals surface area contributed by atoms with Crippen molar-refractivity contribution in [2.24, 2.45) is 15.9 Å². The molecular weight excluding hydrogens is 683 g/mol. The maximum atomic E-state index is 14.3. The normalized spacial score (nSPS) is 17.4. The number of fused-ring (bicyclic) bond motifs is 2. The number of aliphatic imine (C=N–C) groups is 1. The number of nitrogens with zero attached hydrogens (tertiary/aromatic N) is 5. The lowest BCUT2D eigenvalue weighted by atomic mass is 9.89. The van der Waals surface area contributed by atoms with Gasteiger partial charge in [-0.1, -0.05) is 43.6 Å². The Hall–Kier alpha value is -4.34. The lowest BCUT2D eigenvalue weighted by Gasteiger charge is -2.21. The molecule has 2 aromatic heterocycles. The van der Waals surface area contributed by atoms with Crippen LogP contribution in [0.25, 0.3) is 10.9 Å². The minimum Gasteiger partial charge on any atom is -0.478 e. The molecule has 0 spiro atoms. The molecule has 1 unspecified atom stereocenters. The monoisotopic (exact) mass is 714 g/mol. The van der Waals surface area contributed by atoms with Crippen molar-refractivity contribution in [3.8, 4) is 0 Å². The number of carboxylic acids is 1. The summed E-state index contributed by atoms with van der Waals surface area (Å²) in [4.78, 5) is 61.2. The number of amidine groups is 1. The molecule has 0 radical (unpaired) electrons. The van der Waals surface area contributed by atoms with Gasteiger partial charge in [0.1, 0.15) is 22.7 Å². The molecule has 0 saturated heterocycles. The average Bonchev–Trinajstić information content (AvgIpc) is 3.56.